The Morgan fingerprint density at radius 2 is 2.28 bits per heavy atom. The Morgan fingerprint density at radius 3 is 3.00 bits per heavy atom. The van der Waals surface area contributed by atoms with Gasteiger partial charge in [-0.15, -0.1) is 21.5 Å². The van der Waals surface area contributed by atoms with Crippen LogP contribution in [0, 0.1) is 0 Å². The standard InChI is InChI=1S/C12H12N8O3S2/c13-4-1-5(16-20-9(4)15-17-18-20)8(24)3-2-25-11-6(14)10(21)19(11)7(3)12(22)23/h1,6,8,11,24H,2,13-14H2,(H,22,23). The van der Waals surface area contributed by atoms with Gasteiger partial charge in [0, 0.05) is 5.75 Å². The quantitative estimate of drug-likeness (QED) is 0.369. The normalized spacial score (nSPS) is 24.2. The minimum Gasteiger partial charge on any atom is -0.477 e. The smallest absolute Gasteiger partial charge is 0.352 e. The zero-order chi connectivity index (χ0) is 17.9. The summed E-state index contributed by atoms with van der Waals surface area (Å²) >= 11 is 5.90. The molecule has 13 heteroatoms. The van der Waals surface area contributed by atoms with Crippen molar-refractivity contribution >= 4 is 47.6 Å². The number of nitrogens with two attached hydrogens (primary N) is 2. The highest BCUT2D eigenvalue weighted by atomic mass is 32.2. The first-order valence-corrected chi connectivity index (χ1v) is 8.66. The fraction of sp³-hybridized carbons (Fsp3) is 0.333. The topological polar surface area (TPSA) is 166 Å². The Balaban J connectivity index is 1.80. The first-order valence-electron chi connectivity index (χ1n) is 7.09. The maximum atomic E-state index is 12.0. The van der Waals surface area contributed by atoms with E-state index in [4.69, 9.17) is 11.5 Å². The Morgan fingerprint density at radius 1 is 1.52 bits per heavy atom. The number of carboxylic acids is 1. The molecule has 2 aromatic rings. The third kappa shape index (κ3) is 2.26. The van der Waals surface area contributed by atoms with E-state index in [0.717, 1.165) is 4.63 Å². The van der Waals surface area contributed by atoms with E-state index < -0.39 is 23.2 Å². The molecule has 25 heavy (non-hydrogen) atoms. The second-order valence-corrected chi connectivity index (χ2v) is 7.15. The van der Waals surface area contributed by atoms with Crippen LogP contribution in [0.15, 0.2) is 17.3 Å². The number of nitrogens with zero attached hydrogens (tertiary/aromatic N) is 6. The van der Waals surface area contributed by atoms with Crippen LogP contribution in [-0.2, 0) is 9.59 Å². The summed E-state index contributed by atoms with van der Waals surface area (Å²) in [6.07, 6.45) is 0. The predicted molar refractivity (Wildman–Crippen MR) is 90.4 cm³/mol. The largest absolute Gasteiger partial charge is 0.477 e. The summed E-state index contributed by atoms with van der Waals surface area (Å²) in [6, 6.07) is 0.849. The van der Waals surface area contributed by atoms with E-state index >= 15 is 0 Å². The van der Waals surface area contributed by atoms with Gasteiger partial charge in [0.15, 0.2) is 0 Å². The van der Waals surface area contributed by atoms with Crippen LogP contribution in [0.25, 0.3) is 5.65 Å². The Kier molecular flexibility index (Phi) is 3.59. The average molecular weight is 380 g/mol. The summed E-state index contributed by atoms with van der Waals surface area (Å²) in [5.41, 5.74) is 12.9. The lowest BCUT2D eigenvalue weighted by atomic mass is 10.0. The zero-order valence-electron chi connectivity index (χ0n) is 12.5. The number of β-lactam (4-membered cyclic amide) rings is 1. The molecule has 5 N–H and O–H groups in total. The molecule has 0 aromatic carbocycles. The molecule has 0 bridgehead atoms. The van der Waals surface area contributed by atoms with Gasteiger partial charge < -0.3 is 16.6 Å². The molecule has 4 rings (SSSR count). The highest BCUT2D eigenvalue weighted by Crippen LogP contribution is 2.44. The number of aromatic nitrogens is 5. The van der Waals surface area contributed by atoms with Crippen LogP contribution >= 0.6 is 24.4 Å². The summed E-state index contributed by atoms with van der Waals surface area (Å²) in [5.74, 6) is -1.28. The lowest BCUT2D eigenvalue weighted by molar-refractivity contribution is -0.148. The van der Waals surface area contributed by atoms with Crippen LogP contribution in [0.5, 0.6) is 0 Å². The van der Waals surface area contributed by atoms with Gasteiger partial charge in [0.25, 0.3) is 0 Å². The molecule has 11 nitrogen and oxygen atoms in total. The molecule has 0 aliphatic carbocycles. The summed E-state index contributed by atoms with van der Waals surface area (Å²) in [4.78, 5) is 25.0. The minimum atomic E-state index is -1.21. The van der Waals surface area contributed by atoms with Crippen LogP contribution < -0.4 is 11.5 Å². The first kappa shape index (κ1) is 16.1. The highest BCUT2D eigenvalue weighted by molar-refractivity contribution is 8.00. The molecule has 2 aliphatic heterocycles. The molecule has 0 radical (unpaired) electrons. The van der Waals surface area contributed by atoms with Gasteiger partial charge in [-0.3, -0.25) is 9.69 Å². The van der Waals surface area contributed by atoms with E-state index in [0.29, 0.717) is 22.7 Å². The number of hydrogen-bond acceptors (Lipinski definition) is 10. The SMILES string of the molecule is Nc1cc(C(S)C2=C(C(=O)O)N3C(=O)C(N)C3SC2)nn2nnnc12. The number of thioether (sulfide) groups is 1. The number of aliphatic carboxylic acids is 1. The van der Waals surface area contributed by atoms with Crippen LogP contribution in [0.2, 0.25) is 0 Å². The van der Waals surface area contributed by atoms with Gasteiger partial charge in [-0.2, -0.15) is 17.7 Å². The maximum absolute atomic E-state index is 12.0. The van der Waals surface area contributed by atoms with Crippen LogP contribution in [0.3, 0.4) is 0 Å². The summed E-state index contributed by atoms with van der Waals surface area (Å²) < 4.78 is 1.15. The zero-order valence-corrected chi connectivity index (χ0v) is 14.2. The number of tetrazole rings is 1. The van der Waals surface area contributed by atoms with Crippen molar-refractivity contribution in [1.82, 2.24) is 30.2 Å². The number of thiol groups is 1. The van der Waals surface area contributed by atoms with E-state index in [9.17, 15) is 14.7 Å². The van der Waals surface area contributed by atoms with Crippen LogP contribution in [0.4, 0.5) is 5.69 Å². The van der Waals surface area contributed by atoms with Crippen molar-refractivity contribution in [2.45, 2.75) is 16.7 Å². The molecule has 2 aromatic heterocycles. The van der Waals surface area contributed by atoms with E-state index in [-0.39, 0.29) is 16.8 Å². The van der Waals surface area contributed by atoms with Gasteiger partial charge in [-0.05, 0) is 22.1 Å². The summed E-state index contributed by atoms with van der Waals surface area (Å²) in [7, 11) is 0. The van der Waals surface area contributed by atoms with Crippen molar-refractivity contribution in [3.63, 3.8) is 0 Å². The fourth-order valence-electron chi connectivity index (χ4n) is 2.85. The lowest BCUT2D eigenvalue weighted by Crippen LogP contribution is -2.68. The molecule has 4 heterocycles. The molecule has 1 fully saturated rings. The fourth-order valence-corrected chi connectivity index (χ4v) is 4.65. The van der Waals surface area contributed by atoms with Crippen molar-refractivity contribution in [1.29, 1.82) is 0 Å². The molecule has 3 atom stereocenters. The number of carbonyl (C=O) groups is 2. The van der Waals surface area contributed by atoms with Gasteiger partial charge >= 0.3 is 5.97 Å². The van der Waals surface area contributed by atoms with Gasteiger partial charge in [-0.1, -0.05) is 0 Å². The monoisotopic (exact) mass is 380 g/mol. The predicted octanol–water partition coefficient (Wildman–Crippen LogP) is -1.35. The van der Waals surface area contributed by atoms with Gasteiger partial charge in [0.1, 0.15) is 17.1 Å². The van der Waals surface area contributed by atoms with Crippen molar-refractivity contribution in [3.05, 3.63) is 23.0 Å². The number of anilines is 1. The number of fused-ring (bicyclic) bond motifs is 2. The minimum absolute atomic E-state index is 0.104. The van der Waals surface area contributed by atoms with E-state index in [1.807, 2.05) is 0 Å². The number of nitrogen functional groups attached to an aromatic ring is 1. The van der Waals surface area contributed by atoms with Crippen molar-refractivity contribution in [3.8, 4) is 0 Å². The Hall–Kier alpha value is -2.38. The van der Waals surface area contributed by atoms with Crippen molar-refractivity contribution in [2.24, 2.45) is 5.73 Å². The molecule has 2 aliphatic rings. The van der Waals surface area contributed by atoms with E-state index in [2.05, 4.69) is 33.3 Å². The molecular formula is C12H12N8O3S2. The van der Waals surface area contributed by atoms with Crippen molar-refractivity contribution in [2.75, 3.05) is 11.5 Å². The van der Waals surface area contributed by atoms with Crippen LogP contribution in [-0.4, -0.2) is 64.3 Å². The molecule has 1 saturated heterocycles. The first-order chi connectivity index (χ1) is 11.9. The van der Waals surface area contributed by atoms with Gasteiger partial charge in [-0.25, -0.2) is 4.79 Å². The molecule has 0 spiro atoms. The molecule has 3 unspecified atom stereocenters. The number of amides is 1. The number of rotatable bonds is 3. The average Bonchev–Trinajstić information content (AvgIpc) is 3.08. The molecular weight excluding hydrogens is 368 g/mol. The summed E-state index contributed by atoms with van der Waals surface area (Å²) in [5, 5.41) is 23.7. The number of carbonyl (C=O) groups excluding carboxylic acids is 1. The van der Waals surface area contributed by atoms with E-state index in [1.165, 1.54) is 22.7 Å². The molecule has 0 saturated carbocycles. The molecule has 1 amide bonds. The van der Waals surface area contributed by atoms with Crippen molar-refractivity contribution < 1.29 is 14.7 Å². The third-order valence-corrected chi connectivity index (χ3v) is 5.98. The highest BCUT2D eigenvalue weighted by Gasteiger charge is 2.52. The number of hydrogen-bond donors (Lipinski definition) is 4. The second kappa shape index (κ2) is 5.57. The number of carboxylic acid groups (broad SMARTS) is 1. The third-order valence-electron chi connectivity index (χ3n) is 4.08. The Bertz CT molecular complexity index is 944. The lowest BCUT2D eigenvalue weighted by Gasteiger charge is -2.48. The summed E-state index contributed by atoms with van der Waals surface area (Å²) in [6.45, 7) is 0. The second-order valence-electron chi connectivity index (χ2n) is 5.53. The van der Waals surface area contributed by atoms with Gasteiger partial charge in [0.2, 0.25) is 11.6 Å². The van der Waals surface area contributed by atoms with Crippen LogP contribution in [0.1, 0.15) is 10.9 Å². The molecule has 130 valence electrons. The Labute approximate surface area is 149 Å². The van der Waals surface area contributed by atoms with E-state index in [1.54, 1.807) is 0 Å². The van der Waals surface area contributed by atoms with Gasteiger partial charge in [0.05, 0.1) is 16.6 Å². The maximum Gasteiger partial charge on any atom is 0.352 e.